The summed E-state index contributed by atoms with van der Waals surface area (Å²) in [4.78, 5) is 50.2. The van der Waals surface area contributed by atoms with Gasteiger partial charge in [-0.2, -0.15) is 13.2 Å². The number of nitro benzene ring substituents is 1. The number of likely N-dealkylation sites (tertiary alicyclic amines) is 1. The molecule has 0 spiro atoms. The van der Waals surface area contributed by atoms with Crippen molar-refractivity contribution in [2.24, 2.45) is 23.7 Å². The van der Waals surface area contributed by atoms with Crippen molar-refractivity contribution in [2.45, 2.75) is 12.6 Å². The highest BCUT2D eigenvalue weighted by atomic mass is 19.4. The highest BCUT2D eigenvalue weighted by Crippen LogP contribution is 2.52. The number of anilines is 2. The van der Waals surface area contributed by atoms with E-state index in [2.05, 4.69) is 10.6 Å². The van der Waals surface area contributed by atoms with E-state index in [4.69, 9.17) is 0 Å². The molecule has 2 fully saturated rings. The molecule has 0 aromatic heterocycles. The lowest BCUT2D eigenvalue weighted by molar-refractivity contribution is -0.384. The first-order valence-electron chi connectivity index (χ1n) is 11.6. The number of nitrogens with one attached hydrogen (secondary N) is 2. The van der Waals surface area contributed by atoms with Gasteiger partial charge in [-0.15, -0.1) is 0 Å². The second-order valence-corrected chi connectivity index (χ2v) is 9.28. The highest BCUT2D eigenvalue weighted by molar-refractivity contribution is 6.06. The van der Waals surface area contributed by atoms with Gasteiger partial charge in [0.25, 0.3) is 11.6 Å². The molecular formula is C25H21F3N4O5. The molecule has 4 atom stereocenters. The average molecular weight is 514 g/mol. The number of nitrogens with zero attached hydrogens (tertiary/aromatic N) is 2. The molecule has 2 aromatic rings. The number of carbonyl (C=O) groups is 3. The first-order chi connectivity index (χ1) is 17.5. The third-order valence-corrected chi connectivity index (χ3v) is 7.12. The minimum absolute atomic E-state index is 0.0407. The third kappa shape index (κ3) is 4.43. The molecule has 9 nitrogen and oxygen atoms in total. The number of rotatable bonds is 7. The molecule has 0 unspecified atom stereocenters. The van der Waals surface area contributed by atoms with Crippen LogP contribution in [0.1, 0.15) is 22.3 Å². The SMILES string of the molecule is O=C(Nc1cccc(C(F)(F)F)c1)c1ccc(NCCN2C(=O)[C@@H]3[C@@H](C2=O)[C@H]2C=C[C@@H]3C2)c([N+](=O)[O-])c1. The Balaban J connectivity index is 1.24. The Morgan fingerprint density at radius 3 is 2.35 bits per heavy atom. The van der Waals surface area contributed by atoms with Gasteiger partial charge in [-0.3, -0.25) is 29.4 Å². The summed E-state index contributed by atoms with van der Waals surface area (Å²) in [6.45, 7) is 0.106. The van der Waals surface area contributed by atoms with Crippen LogP contribution in [0.25, 0.3) is 0 Å². The van der Waals surface area contributed by atoms with Crippen molar-refractivity contribution in [3.8, 4) is 0 Å². The van der Waals surface area contributed by atoms with Crippen LogP contribution in [0.2, 0.25) is 0 Å². The van der Waals surface area contributed by atoms with E-state index in [-0.39, 0.29) is 65.5 Å². The van der Waals surface area contributed by atoms with E-state index in [1.54, 1.807) is 0 Å². The van der Waals surface area contributed by atoms with Crippen LogP contribution in [0.15, 0.2) is 54.6 Å². The molecule has 5 rings (SSSR count). The van der Waals surface area contributed by atoms with Gasteiger partial charge < -0.3 is 10.6 Å². The molecule has 1 aliphatic heterocycles. The summed E-state index contributed by atoms with van der Waals surface area (Å²) in [6, 6.07) is 7.62. The summed E-state index contributed by atoms with van der Waals surface area (Å²) in [5.74, 6) is -1.75. The van der Waals surface area contributed by atoms with E-state index in [0.717, 1.165) is 30.7 Å². The fraction of sp³-hybridized carbons (Fsp3) is 0.320. The van der Waals surface area contributed by atoms with Gasteiger partial charge in [0, 0.05) is 30.4 Å². The molecular weight excluding hydrogens is 493 g/mol. The Kier molecular flexibility index (Phi) is 5.97. The van der Waals surface area contributed by atoms with Crippen LogP contribution in [0, 0.1) is 33.8 Å². The van der Waals surface area contributed by atoms with Gasteiger partial charge in [0.15, 0.2) is 0 Å². The highest BCUT2D eigenvalue weighted by Gasteiger charge is 2.58. The summed E-state index contributed by atoms with van der Waals surface area (Å²) in [6.07, 6.45) is 0.213. The molecule has 1 saturated carbocycles. The largest absolute Gasteiger partial charge is 0.416 e. The van der Waals surface area contributed by atoms with Crippen molar-refractivity contribution < 1.29 is 32.5 Å². The molecule has 2 N–H and O–H groups in total. The predicted molar refractivity (Wildman–Crippen MR) is 125 cm³/mol. The van der Waals surface area contributed by atoms with E-state index in [9.17, 15) is 37.7 Å². The number of halogens is 3. The first-order valence-corrected chi connectivity index (χ1v) is 11.6. The Bertz CT molecular complexity index is 1310. The van der Waals surface area contributed by atoms with Gasteiger partial charge in [0.1, 0.15) is 5.69 Å². The molecule has 2 bridgehead atoms. The molecule has 1 heterocycles. The molecule has 1 saturated heterocycles. The fourth-order valence-corrected chi connectivity index (χ4v) is 5.44. The molecule has 2 aromatic carbocycles. The zero-order valence-electron chi connectivity index (χ0n) is 19.2. The van der Waals surface area contributed by atoms with Crippen LogP contribution in [-0.4, -0.2) is 40.6 Å². The second kappa shape index (κ2) is 9.02. The van der Waals surface area contributed by atoms with Gasteiger partial charge in [-0.25, -0.2) is 0 Å². The minimum atomic E-state index is -4.59. The van der Waals surface area contributed by atoms with Gasteiger partial charge in [0.2, 0.25) is 11.8 Å². The Morgan fingerprint density at radius 1 is 1.05 bits per heavy atom. The van der Waals surface area contributed by atoms with E-state index in [0.29, 0.717) is 0 Å². The molecule has 37 heavy (non-hydrogen) atoms. The Hall–Kier alpha value is -4.22. The van der Waals surface area contributed by atoms with Crippen LogP contribution >= 0.6 is 0 Å². The van der Waals surface area contributed by atoms with Crippen molar-refractivity contribution >= 4 is 34.8 Å². The Labute approximate surface area is 208 Å². The molecule has 2 aliphatic carbocycles. The lowest BCUT2D eigenvalue weighted by atomic mass is 9.85. The van der Waals surface area contributed by atoms with Crippen molar-refractivity contribution in [1.82, 2.24) is 4.90 Å². The molecule has 0 radical (unpaired) electrons. The number of amides is 3. The number of benzene rings is 2. The number of carbonyl (C=O) groups excluding carboxylic acids is 3. The van der Waals surface area contributed by atoms with Crippen molar-refractivity contribution in [3.05, 3.63) is 75.9 Å². The fourth-order valence-electron chi connectivity index (χ4n) is 5.44. The normalized spacial score (nSPS) is 23.9. The molecule has 3 aliphatic rings. The van der Waals surface area contributed by atoms with Crippen molar-refractivity contribution in [3.63, 3.8) is 0 Å². The van der Waals surface area contributed by atoms with E-state index < -0.39 is 28.3 Å². The van der Waals surface area contributed by atoms with Gasteiger partial charge in [-0.1, -0.05) is 18.2 Å². The molecule has 12 heteroatoms. The van der Waals surface area contributed by atoms with Crippen LogP contribution in [-0.2, 0) is 15.8 Å². The zero-order chi connectivity index (χ0) is 26.5. The minimum Gasteiger partial charge on any atom is -0.378 e. The molecule has 3 amide bonds. The lowest BCUT2D eigenvalue weighted by Gasteiger charge is -2.18. The summed E-state index contributed by atoms with van der Waals surface area (Å²) in [5, 5.41) is 16.8. The standard InChI is InChI=1S/C25H21F3N4O5/c26-25(27,28)16-2-1-3-17(12-16)30-22(33)15-6-7-18(19(11-15)32(36)37)29-8-9-31-23(34)20-13-4-5-14(10-13)21(20)24(31)35/h1-7,11-14,20-21,29H,8-10H2,(H,30,33)/t13-,14+,20-,21-/m0/s1. The van der Waals surface area contributed by atoms with Crippen LogP contribution in [0.4, 0.5) is 30.2 Å². The van der Waals surface area contributed by atoms with Gasteiger partial charge in [-0.05, 0) is 48.6 Å². The average Bonchev–Trinajstić information content (AvgIpc) is 3.53. The lowest BCUT2D eigenvalue weighted by Crippen LogP contribution is -2.36. The summed E-state index contributed by atoms with van der Waals surface area (Å²) in [7, 11) is 0. The van der Waals surface area contributed by atoms with E-state index in [1.165, 1.54) is 23.1 Å². The Morgan fingerprint density at radius 2 is 1.73 bits per heavy atom. The topological polar surface area (TPSA) is 122 Å². The number of hydrogen-bond donors (Lipinski definition) is 2. The predicted octanol–water partition coefficient (Wildman–Crippen LogP) is 4.08. The summed E-state index contributed by atoms with van der Waals surface area (Å²) < 4.78 is 38.7. The second-order valence-electron chi connectivity index (χ2n) is 9.28. The number of nitro groups is 1. The maximum atomic E-state index is 12.9. The third-order valence-electron chi connectivity index (χ3n) is 7.12. The van der Waals surface area contributed by atoms with E-state index in [1.807, 2.05) is 12.2 Å². The number of imide groups is 1. The number of hydrogen-bond acceptors (Lipinski definition) is 6. The quantitative estimate of drug-likeness (QED) is 0.249. The van der Waals surface area contributed by atoms with Crippen LogP contribution < -0.4 is 10.6 Å². The first kappa shape index (κ1) is 24.5. The maximum absolute atomic E-state index is 12.9. The number of fused-ring (bicyclic) bond motifs is 5. The maximum Gasteiger partial charge on any atom is 0.416 e. The van der Waals surface area contributed by atoms with Crippen molar-refractivity contribution in [2.75, 3.05) is 23.7 Å². The summed E-state index contributed by atoms with van der Waals surface area (Å²) in [5.41, 5.74) is -1.55. The van der Waals surface area contributed by atoms with Gasteiger partial charge >= 0.3 is 6.18 Å². The number of allylic oxidation sites excluding steroid dienone is 2. The van der Waals surface area contributed by atoms with Gasteiger partial charge in [0.05, 0.1) is 22.3 Å². The van der Waals surface area contributed by atoms with Crippen LogP contribution in [0.3, 0.4) is 0 Å². The van der Waals surface area contributed by atoms with Crippen molar-refractivity contribution in [1.29, 1.82) is 0 Å². The van der Waals surface area contributed by atoms with Crippen LogP contribution in [0.5, 0.6) is 0 Å². The summed E-state index contributed by atoms with van der Waals surface area (Å²) >= 11 is 0. The number of alkyl halides is 3. The smallest absolute Gasteiger partial charge is 0.378 e. The molecule has 192 valence electrons. The monoisotopic (exact) mass is 514 g/mol. The van der Waals surface area contributed by atoms with E-state index >= 15 is 0 Å². The zero-order valence-corrected chi connectivity index (χ0v) is 19.2.